The number of hydrogen-bond donors (Lipinski definition) is 0. The van der Waals surface area contributed by atoms with Crippen LogP contribution in [-0.2, 0) is 0 Å². The van der Waals surface area contributed by atoms with Gasteiger partial charge in [-0.1, -0.05) is 41.0 Å². The first-order valence-electron chi connectivity index (χ1n) is 5.41. The SMILES string of the molecule is CCCC(C(C)C)P(CC)CC. The van der Waals surface area contributed by atoms with Crippen LogP contribution in [0.25, 0.3) is 0 Å². The molecule has 0 radical (unpaired) electrons. The summed E-state index contributed by atoms with van der Waals surface area (Å²) in [5.74, 6) is 0.899. The van der Waals surface area contributed by atoms with Crippen molar-refractivity contribution in [2.75, 3.05) is 12.3 Å². The molecule has 0 rings (SSSR count). The van der Waals surface area contributed by atoms with Gasteiger partial charge in [0, 0.05) is 0 Å². The van der Waals surface area contributed by atoms with Gasteiger partial charge in [0.1, 0.15) is 0 Å². The Labute approximate surface area is 79.9 Å². The molecule has 0 aliphatic carbocycles. The molecule has 74 valence electrons. The molecule has 12 heavy (non-hydrogen) atoms. The second-order valence-electron chi connectivity index (χ2n) is 3.82. The fraction of sp³-hybridized carbons (Fsp3) is 1.00. The average Bonchev–Trinajstić information content (AvgIpc) is 2.05. The lowest BCUT2D eigenvalue weighted by Gasteiger charge is -2.29. The summed E-state index contributed by atoms with van der Waals surface area (Å²) in [6.45, 7) is 11.8. The molecule has 0 fully saturated rings. The van der Waals surface area contributed by atoms with Crippen LogP contribution < -0.4 is 0 Å². The molecule has 1 atom stereocenters. The first-order valence-corrected chi connectivity index (χ1v) is 7.19. The van der Waals surface area contributed by atoms with Gasteiger partial charge >= 0.3 is 0 Å². The van der Waals surface area contributed by atoms with E-state index in [2.05, 4.69) is 34.6 Å². The van der Waals surface area contributed by atoms with E-state index in [1.54, 1.807) is 0 Å². The highest BCUT2D eigenvalue weighted by atomic mass is 31.1. The van der Waals surface area contributed by atoms with E-state index >= 15 is 0 Å². The third kappa shape index (κ3) is 3.90. The molecule has 0 aromatic heterocycles. The van der Waals surface area contributed by atoms with Crippen LogP contribution in [0.3, 0.4) is 0 Å². The Kier molecular flexibility index (Phi) is 7.14. The monoisotopic (exact) mass is 188 g/mol. The van der Waals surface area contributed by atoms with Crippen LogP contribution in [0.2, 0.25) is 0 Å². The van der Waals surface area contributed by atoms with E-state index in [0.29, 0.717) is 7.92 Å². The Morgan fingerprint density at radius 1 is 1.00 bits per heavy atom. The summed E-state index contributed by atoms with van der Waals surface area (Å²) in [5, 5.41) is 0. The molecule has 0 aliphatic rings. The van der Waals surface area contributed by atoms with Crippen LogP contribution >= 0.6 is 7.92 Å². The van der Waals surface area contributed by atoms with Crippen molar-refractivity contribution in [3.63, 3.8) is 0 Å². The lowest BCUT2D eigenvalue weighted by molar-refractivity contribution is 0.558. The molecule has 0 aliphatic heterocycles. The Hall–Kier alpha value is 0.430. The van der Waals surface area contributed by atoms with Crippen molar-refractivity contribution in [1.29, 1.82) is 0 Å². The Balaban J connectivity index is 4.05. The third-order valence-corrected chi connectivity index (χ3v) is 6.05. The smallest absolute Gasteiger partial charge is 0.0186 e. The summed E-state index contributed by atoms with van der Waals surface area (Å²) >= 11 is 0. The molecule has 0 amide bonds. The maximum absolute atomic E-state index is 2.39. The van der Waals surface area contributed by atoms with Crippen LogP contribution in [0, 0.1) is 5.92 Å². The van der Waals surface area contributed by atoms with Crippen LogP contribution in [0.5, 0.6) is 0 Å². The van der Waals surface area contributed by atoms with Crippen molar-refractivity contribution in [2.45, 2.75) is 53.1 Å². The maximum Gasteiger partial charge on any atom is -0.0186 e. The van der Waals surface area contributed by atoms with Crippen LogP contribution in [0.15, 0.2) is 0 Å². The molecule has 0 spiro atoms. The molecular formula is C11H25P. The van der Waals surface area contributed by atoms with E-state index in [-0.39, 0.29) is 0 Å². The minimum atomic E-state index is 0.335. The zero-order valence-corrected chi connectivity index (χ0v) is 10.3. The fourth-order valence-corrected chi connectivity index (χ4v) is 4.78. The summed E-state index contributed by atoms with van der Waals surface area (Å²) < 4.78 is 0. The summed E-state index contributed by atoms with van der Waals surface area (Å²) in [7, 11) is 0.335. The summed E-state index contributed by atoms with van der Waals surface area (Å²) in [5.41, 5.74) is 1.03. The highest BCUT2D eigenvalue weighted by Crippen LogP contribution is 2.45. The van der Waals surface area contributed by atoms with Crippen LogP contribution in [0.1, 0.15) is 47.5 Å². The van der Waals surface area contributed by atoms with Crippen molar-refractivity contribution in [3.05, 3.63) is 0 Å². The minimum Gasteiger partial charge on any atom is -0.104 e. The first kappa shape index (κ1) is 12.4. The average molecular weight is 188 g/mol. The summed E-state index contributed by atoms with van der Waals surface area (Å²) in [4.78, 5) is 0. The van der Waals surface area contributed by atoms with E-state index in [0.717, 1.165) is 11.6 Å². The molecule has 0 aromatic rings. The van der Waals surface area contributed by atoms with Gasteiger partial charge in [-0.3, -0.25) is 0 Å². The van der Waals surface area contributed by atoms with Crippen molar-refractivity contribution >= 4 is 7.92 Å². The fourth-order valence-electron chi connectivity index (χ4n) is 1.93. The van der Waals surface area contributed by atoms with Gasteiger partial charge < -0.3 is 0 Å². The largest absolute Gasteiger partial charge is 0.104 e. The van der Waals surface area contributed by atoms with Gasteiger partial charge in [-0.05, 0) is 30.3 Å². The molecule has 1 heteroatoms. The summed E-state index contributed by atoms with van der Waals surface area (Å²) in [6.07, 6.45) is 5.66. The van der Waals surface area contributed by atoms with E-state index in [4.69, 9.17) is 0 Å². The predicted molar refractivity (Wildman–Crippen MR) is 61.5 cm³/mol. The predicted octanol–water partition coefficient (Wildman–Crippen LogP) is 4.33. The molecular weight excluding hydrogens is 163 g/mol. The quantitative estimate of drug-likeness (QED) is 0.544. The Morgan fingerprint density at radius 2 is 1.50 bits per heavy atom. The van der Waals surface area contributed by atoms with E-state index in [1.807, 2.05) is 0 Å². The molecule has 0 heterocycles. The second kappa shape index (κ2) is 6.89. The van der Waals surface area contributed by atoms with Gasteiger partial charge in [-0.2, -0.15) is 0 Å². The van der Waals surface area contributed by atoms with Gasteiger partial charge in [0.05, 0.1) is 0 Å². The van der Waals surface area contributed by atoms with E-state index in [9.17, 15) is 0 Å². The molecule has 0 bridgehead atoms. The molecule has 0 N–H and O–H groups in total. The zero-order chi connectivity index (χ0) is 9.56. The second-order valence-corrected chi connectivity index (χ2v) is 6.93. The van der Waals surface area contributed by atoms with Crippen molar-refractivity contribution in [2.24, 2.45) is 5.92 Å². The molecule has 0 nitrogen and oxygen atoms in total. The van der Waals surface area contributed by atoms with Crippen molar-refractivity contribution < 1.29 is 0 Å². The van der Waals surface area contributed by atoms with Crippen molar-refractivity contribution in [3.8, 4) is 0 Å². The highest BCUT2D eigenvalue weighted by Gasteiger charge is 2.19. The first-order chi connectivity index (χ1) is 5.67. The molecule has 1 unspecified atom stereocenters. The zero-order valence-electron chi connectivity index (χ0n) is 9.43. The Morgan fingerprint density at radius 3 is 1.75 bits per heavy atom. The molecule has 0 aromatic carbocycles. The number of rotatable bonds is 6. The Bertz CT molecular complexity index is 95.2. The van der Waals surface area contributed by atoms with Gasteiger partial charge in [0.2, 0.25) is 0 Å². The van der Waals surface area contributed by atoms with E-state index < -0.39 is 0 Å². The standard InChI is InChI=1S/C11H25P/c1-6-9-11(10(4)5)12(7-2)8-3/h10-11H,6-9H2,1-5H3. The van der Waals surface area contributed by atoms with Gasteiger partial charge in [-0.15, -0.1) is 7.92 Å². The molecule has 0 saturated heterocycles. The van der Waals surface area contributed by atoms with E-state index in [1.165, 1.54) is 25.2 Å². The lowest BCUT2D eigenvalue weighted by Crippen LogP contribution is -2.15. The van der Waals surface area contributed by atoms with Crippen molar-refractivity contribution in [1.82, 2.24) is 0 Å². The maximum atomic E-state index is 2.39. The normalized spacial score (nSPS) is 14.2. The molecule has 0 saturated carbocycles. The third-order valence-electron chi connectivity index (χ3n) is 2.64. The van der Waals surface area contributed by atoms with Gasteiger partial charge in [-0.25, -0.2) is 0 Å². The minimum absolute atomic E-state index is 0.335. The van der Waals surface area contributed by atoms with Gasteiger partial charge in [0.15, 0.2) is 0 Å². The topological polar surface area (TPSA) is 0 Å². The summed E-state index contributed by atoms with van der Waals surface area (Å²) in [6, 6.07) is 0. The number of hydrogen-bond acceptors (Lipinski definition) is 0. The van der Waals surface area contributed by atoms with Crippen LogP contribution in [-0.4, -0.2) is 18.0 Å². The highest BCUT2D eigenvalue weighted by molar-refractivity contribution is 7.58. The lowest BCUT2D eigenvalue weighted by atomic mass is 10.1. The van der Waals surface area contributed by atoms with Gasteiger partial charge in [0.25, 0.3) is 0 Å². The van der Waals surface area contributed by atoms with Crippen LogP contribution in [0.4, 0.5) is 0 Å².